The maximum atomic E-state index is 6.17. The lowest BCUT2D eigenvalue weighted by atomic mass is 9.85. The molecule has 0 amide bonds. The maximum Gasteiger partial charge on any atom is 0.129 e. The van der Waals surface area contributed by atoms with Gasteiger partial charge in [-0.15, -0.1) is 0 Å². The van der Waals surface area contributed by atoms with E-state index in [1.807, 2.05) is 30.3 Å². The van der Waals surface area contributed by atoms with Crippen LogP contribution in [0, 0.1) is 0 Å². The zero-order valence-corrected chi connectivity index (χ0v) is 12.6. The molecule has 1 saturated carbocycles. The molecule has 3 unspecified atom stereocenters. The molecule has 1 fully saturated rings. The van der Waals surface area contributed by atoms with E-state index in [4.69, 9.17) is 9.47 Å². The molecule has 0 aliphatic heterocycles. The minimum atomic E-state index is 0.107. The molecule has 4 nitrogen and oxygen atoms in total. The number of benzene rings is 1. The summed E-state index contributed by atoms with van der Waals surface area (Å²) in [5, 5.41) is 4.56. The van der Waals surface area contributed by atoms with Crippen molar-refractivity contribution in [1.29, 1.82) is 0 Å². The number of hydrogen-bond acceptors (Lipinski definition) is 4. The second-order valence-corrected chi connectivity index (χ2v) is 5.48. The molecule has 4 heteroatoms. The molecule has 0 saturated heterocycles. The number of pyridine rings is 1. The average Bonchev–Trinajstić information content (AvgIpc) is 2.50. The van der Waals surface area contributed by atoms with Crippen molar-refractivity contribution >= 4 is 10.9 Å². The van der Waals surface area contributed by atoms with Crippen LogP contribution in [0.5, 0.6) is 5.75 Å². The van der Waals surface area contributed by atoms with Gasteiger partial charge in [-0.05, 0) is 37.2 Å². The lowest BCUT2D eigenvalue weighted by molar-refractivity contribution is -0.0882. The monoisotopic (exact) mass is 286 g/mol. The van der Waals surface area contributed by atoms with Gasteiger partial charge in [0, 0.05) is 31.2 Å². The number of hydrogen-bond donors (Lipinski definition) is 1. The van der Waals surface area contributed by atoms with E-state index in [0.717, 1.165) is 36.0 Å². The van der Waals surface area contributed by atoms with Gasteiger partial charge >= 0.3 is 0 Å². The Morgan fingerprint density at radius 1 is 1.29 bits per heavy atom. The molecule has 1 N–H and O–H groups in total. The number of nitrogens with one attached hydrogen (secondary N) is 1. The van der Waals surface area contributed by atoms with E-state index in [-0.39, 0.29) is 12.2 Å². The van der Waals surface area contributed by atoms with E-state index in [9.17, 15) is 0 Å². The Morgan fingerprint density at radius 3 is 3.00 bits per heavy atom. The van der Waals surface area contributed by atoms with E-state index in [1.165, 1.54) is 0 Å². The van der Waals surface area contributed by atoms with Crippen LogP contribution in [0.2, 0.25) is 0 Å². The van der Waals surface area contributed by atoms with Crippen LogP contribution in [0.3, 0.4) is 0 Å². The summed E-state index contributed by atoms with van der Waals surface area (Å²) in [7, 11) is 1.76. The topological polar surface area (TPSA) is 43.4 Å². The summed E-state index contributed by atoms with van der Waals surface area (Å²) in [4.78, 5) is 4.36. The van der Waals surface area contributed by atoms with Crippen molar-refractivity contribution in [2.24, 2.45) is 0 Å². The lowest BCUT2D eigenvalue weighted by Crippen LogP contribution is -2.61. The second-order valence-electron chi connectivity index (χ2n) is 5.48. The van der Waals surface area contributed by atoms with Crippen LogP contribution in [0.1, 0.15) is 19.8 Å². The summed E-state index contributed by atoms with van der Waals surface area (Å²) < 4.78 is 11.8. The van der Waals surface area contributed by atoms with Gasteiger partial charge in [-0.2, -0.15) is 0 Å². The normalized spacial score (nSPS) is 24.8. The lowest BCUT2D eigenvalue weighted by Gasteiger charge is -2.43. The van der Waals surface area contributed by atoms with Gasteiger partial charge in [-0.1, -0.05) is 13.0 Å². The van der Waals surface area contributed by atoms with Crippen molar-refractivity contribution in [2.75, 3.05) is 13.7 Å². The van der Waals surface area contributed by atoms with Crippen LogP contribution in [0.25, 0.3) is 10.9 Å². The third-order valence-corrected chi connectivity index (χ3v) is 4.06. The van der Waals surface area contributed by atoms with Gasteiger partial charge in [-0.3, -0.25) is 4.98 Å². The van der Waals surface area contributed by atoms with Crippen LogP contribution < -0.4 is 10.1 Å². The van der Waals surface area contributed by atoms with Crippen LogP contribution in [0.4, 0.5) is 0 Å². The highest BCUT2D eigenvalue weighted by Gasteiger charge is 2.43. The van der Waals surface area contributed by atoms with Gasteiger partial charge in [-0.25, -0.2) is 0 Å². The number of fused-ring (bicyclic) bond motifs is 1. The van der Waals surface area contributed by atoms with Gasteiger partial charge in [0.15, 0.2) is 0 Å². The van der Waals surface area contributed by atoms with E-state index in [2.05, 4.69) is 17.2 Å². The number of aromatic nitrogens is 1. The van der Waals surface area contributed by atoms with Crippen LogP contribution in [-0.2, 0) is 4.74 Å². The summed E-state index contributed by atoms with van der Waals surface area (Å²) in [6, 6.07) is 10.4. The number of ether oxygens (including phenoxy) is 2. The zero-order valence-electron chi connectivity index (χ0n) is 12.6. The molecule has 0 spiro atoms. The Bertz CT molecular complexity index is 597. The van der Waals surface area contributed by atoms with Gasteiger partial charge < -0.3 is 14.8 Å². The van der Waals surface area contributed by atoms with E-state index in [1.54, 1.807) is 13.3 Å². The molecule has 1 aromatic carbocycles. The highest BCUT2D eigenvalue weighted by atomic mass is 16.5. The van der Waals surface area contributed by atoms with E-state index >= 15 is 0 Å². The maximum absolute atomic E-state index is 6.17. The largest absolute Gasteiger partial charge is 0.487 e. The molecule has 2 aromatic rings. The van der Waals surface area contributed by atoms with Crippen LogP contribution in [0.15, 0.2) is 36.5 Å². The first-order valence-electron chi connectivity index (χ1n) is 7.60. The summed E-state index contributed by atoms with van der Waals surface area (Å²) in [5.74, 6) is 0.890. The fourth-order valence-electron chi connectivity index (χ4n) is 2.88. The Kier molecular flexibility index (Phi) is 4.36. The molecule has 3 atom stereocenters. The molecule has 1 heterocycles. The van der Waals surface area contributed by atoms with Crippen molar-refractivity contribution in [3.8, 4) is 5.75 Å². The Balaban J connectivity index is 1.71. The van der Waals surface area contributed by atoms with E-state index in [0.29, 0.717) is 6.04 Å². The van der Waals surface area contributed by atoms with Gasteiger partial charge in [0.25, 0.3) is 0 Å². The molecule has 3 rings (SSSR count). The SMILES string of the molecule is CCCNC1CC(Oc2cccc3ncccc23)C1OC. The first kappa shape index (κ1) is 14.3. The zero-order chi connectivity index (χ0) is 14.7. The smallest absolute Gasteiger partial charge is 0.129 e. The average molecular weight is 286 g/mol. The van der Waals surface area contributed by atoms with Gasteiger partial charge in [0.1, 0.15) is 18.0 Å². The summed E-state index contributed by atoms with van der Waals surface area (Å²) in [6.07, 6.45) is 4.14. The van der Waals surface area contributed by atoms with Crippen molar-refractivity contribution in [3.63, 3.8) is 0 Å². The molecule has 0 bridgehead atoms. The summed E-state index contributed by atoms with van der Waals surface area (Å²) in [5.41, 5.74) is 0.962. The molecule has 1 aliphatic rings. The minimum Gasteiger partial charge on any atom is -0.487 e. The second kappa shape index (κ2) is 6.41. The molecular formula is C17H22N2O2. The molecule has 0 radical (unpaired) electrons. The van der Waals surface area contributed by atoms with Crippen molar-refractivity contribution < 1.29 is 9.47 Å². The van der Waals surface area contributed by atoms with E-state index < -0.39 is 0 Å². The predicted octanol–water partition coefficient (Wildman–Crippen LogP) is 2.77. The van der Waals surface area contributed by atoms with Gasteiger partial charge in [0.05, 0.1) is 5.52 Å². The Labute approximate surface area is 125 Å². The standard InChI is InChI=1S/C17H22N2O2/c1-3-9-18-14-11-16(17(14)20-2)21-15-8-4-7-13-12(15)6-5-10-19-13/h4-8,10,14,16-18H,3,9,11H2,1-2H3. The van der Waals surface area contributed by atoms with Crippen molar-refractivity contribution in [1.82, 2.24) is 10.3 Å². The van der Waals surface area contributed by atoms with Crippen molar-refractivity contribution in [3.05, 3.63) is 36.5 Å². The molecule has 21 heavy (non-hydrogen) atoms. The first-order valence-corrected chi connectivity index (χ1v) is 7.60. The third-order valence-electron chi connectivity index (χ3n) is 4.06. The summed E-state index contributed by atoms with van der Waals surface area (Å²) >= 11 is 0. The molecule has 112 valence electrons. The molecule has 1 aromatic heterocycles. The number of methoxy groups -OCH3 is 1. The molecular weight excluding hydrogens is 264 g/mol. The third kappa shape index (κ3) is 2.87. The van der Waals surface area contributed by atoms with Crippen LogP contribution in [-0.4, -0.2) is 36.9 Å². The number of rotatable bonds is 6. The predicted molar refractivity (Wildman–Crippen MR) is 83.7 cm³/mol. The van der Waals surface area contributed by atoms with Gasteiger partial charge in [0.2, 0.25) is 0 Å². The van der Waals surface area contributed by atoms with Crippen molar-refractivity contribution in [2.45, 2.75) is 38.0 Å². The minimum absolute atomic E-state index is 0.107. The fourth-order valence-corrected chi connectivity index (χ4v) is 2.88. The highest BCUT2D eigenvalue weighted by Crippen LogP contribution is 2.32. The fraction of sp³-hybridized carbons (Fsp3) is 0.471. The Hall–Kier alpha value is -1.65. The number of nitrogens with zero attached hydrogens (tertiary/aromatic N) is 1. The first-order chi connectivity index (χ1) is 10.3. The highest BCUT2D eigenvalue weighted by molar-refractivity contribution is 5.84. The summed E-state index contributed by atoms with van der Waals surface area (Å²) in [6.45, 7) is 3.19. The Morgan fingerprint density at radius 2 is 2.19 bits per heavy atom. The van der Waals surface area contributed by atoms with Crippen LogP contribution >= 0.6 is 0 Å². The molecule has 1 aliphatic carbocycles. The quantitative estimate of drug-likeness (QED) is 0.887.